The lowest BCUT2D eigenvalue weighted by Gasteiger charge is -2.09. The fourth-order valence-corrected chi connectivity index (χ4v) is 2.40. The zero-order valence-corrected chi connectivity index (χ0v) is 12.0. The van der Waals surface area contributed by atoms with E-state index in [2.05, 4.69) is 0 Å². The third-order valence-electron chi connectivity index (χ3n) is 2.51. The first-order valence-electron chi connectivity index (χ1n) is 5.03. The van der Waals surface area contributed by atoms with E-state index in [0.717, 1.165) is 5.56 Å². The van der Waals surface area contributed by atoms with E-state index in [-0.39, 0.29) is 15.9 Å². The van der Waals surface area contributed by atoms with Crippen molar-refractivity contribution in [2.45, 2.75) is 5.88 Å². The van der Waals surface area contributed by atoms with Crippen LogP contribution in [-0.4, -0.2) is 0 Å². The van der Waals surface area contributed by atoms with Crippen molar-refractivity contribution in [3.05, 3.63) is 56.8 Å². The maximum absolute atomic E-state index is 13.8. The minimum absolute atomic E-state index is 0.214. The Balaban J connectivity index is 2.65. The number of hydrogen-bond donors (Lipinski definition) is 0. The van der Waals surface area contributed by atoms with Crippen molar-refractivity contribution < 1.29 is 4.39 Å². The number of benzene rings is 2. The molecule has 94 valence electrons. The van der Waals surface area contributed by atoms with Gasteiger partial charge in [-0.2, -0.15) is 0 Å². The molecule has 0 spiro atoms. The topological polar surface area (TPSA) is 0 Å². The fourth-order valence-electron chi connectivity index (χ4n) is 1.60. The number of halogens is 5. The Morgan fingerprint density at radius 1 is 0.889 bits per heavy atom. The van der Waals surface area contributed by atoms with Crippen molar-refractivity contribution in [2.75, 3.05) is 0 Å². The molecule has 0 radical (unpaired) electrons. The van der Waals surface area contributed by atoms with Crippen molar-refractivity contribution in [3.63, 3.8) is 0 Å². The zero-order chi connectivity index (χ0) is 13.3. The summed E-state index contributed by atoms with van der Waals surface area (Å²) in [4.78, 5) is 0. The molecule has 0 aliphatic rings. The lowest BCUT2D eigenvalue weighted by molar-refractivity contribution is 0.631. The van der Waals surface area contributed by atoms with Crippen LogP contribution in [0.2, 0.25) is 15.1 Å². The minimum atomic E-state index is -0.385. The van der Waals surface area contributed by atoms with Gasteiger partial charge in [0.1, 0.15) is 5.82 Å². The summed E-state index contributed by atoms with van der Waals surface area (Å²) in [5.41, 5.74) is 1.66. The van der Waals surface area contributed by atoms with E-state index >= 15 is 0 Å². The Labute approximate surface area is 124 Å². The SMILES string of the molecule is Fc1ccc(CCl)cc1-c1ccc(Cl)c(Cl)c1Cl. The molecular formula is C13H7Cl4F. The van der Waals surface area contributed by atoms with Gasteiger partial charge in [0.25, 0.3) is 0 Å². The average molecular weight is 324 g/mol. The summed E-state index contributed by atoms with van der Waals surface area (Å²) in [5.74, 6) is -0.0872. The Morgan fingerprint density at radius 2 is 1.61 bits per heavy atom. The summed E-state index contributed by atoms with van der Waals surface area (Å²) in [6.45, 7) is 0. The van der Waals surface area contributed by atoms with Gasteiger partial charge in [-0.25, -0.2) is 4.39 Å². The summed E-state index contributed by atoms with van der Waals surface area (Å²) in [5, 5.41) is 0.778. The van der Waals surface area contributed by atoms with Gasteiger partial charge in [0.05, 0.1) is 15.1 Å². The summed E-state index contributed by atoms with van der Waals surface area (Å²) >= 11 is 23.6. The predicted octanol–water partition coefficient (Wildman–Crippen LogP) is 6.19. The first-order valence-corrected chi connectivity index (χ1v) is 6.69. The van der Waals surface area contributed by atoms with Gasteiger partial charge in [-0.05, 0) is 23.8 Å². The molecule has 0 fully saturated rings. The molecule has 0 aromatic heterocycles. The highest BCUT2D eigenvalue weighted by Gasteiger charge is 2.14. The average Bonchev–Trinajstić information content (AvgIpc) is 2.37. The summed E-state index contributed by atoms with van der Waals surface area (Å²) < 4.78 is 13.8. The van der Waals surface area contributed by atoms with E-state index in [1.54, 1.807) is 24.3 Å². The second kappa shape index (κ2) is 5.66. The van der Waals surface area contributed by atoms with Gasteiger partial charge in [-0.3, -0.25) is 0 Å². The maximum Gasteiger partial charge on any atom is 0.131 e. The molecule has 5 heteroatoms. The van der Waals surface area contributed by atoms with Crippen LogP contribution in [0, 0.1) is 5.82 Å². The molecule has 0 aliphatic carbocycles. The monoisotopic (exact) mass is 322 g/mol. The molecule has 0 aliphatic heterocycles. The first kappa shape index (κ1) is 14.0. The molecule has 0 saturated carbocycles. The molecule has 18 heavy (non-hydrogen) atoms. The molecule has 0 saturated heterocycles. The van der Waals surface area contributed by atoms with E-state index in [1.807, 2.05) is 0 Å². The Morgan fingerprint density at radius 3 is 2.28 bits per heavy atom. The van der Waals surface area contributed by atoms with Gasteiger partial charge >= 0.3 is 0 Å². The van der Waals surface area contributed by atoms with Crippen LogP contribution < -0.4 is 0 Å². The second-order valence-electron chi connectivity index (χ2n) is 3.67. The van der Waals surface area contributed by atoms with Crippen LogP contribution in [0.5, 0.6) is 0 Å². The quantitative estimate of drug-likeness (QED) is 0.456. The second-order valence-corrected chi connectivity index (χ2v) is 5.10. The van der Waals surface area contributed by atoms with Crippen molar-refractivity contribution in [1.29, 1.82) is 0 Å². The molecule has 2 aromatic rings. The molecule has 0 amide bonds. The van der Waals surface area contributed by atoms with E-state index in [1.165, 1.54) is 6.07 Å². The highest BCUT2D eigenvalue weighted by atomic mass is 35.5. The summed E-state index contributed by atoms with van der Waals surface area (Å²) in [6, 6.07) is 7.84. The molecular weight excluding hydrogens is 317 g/mol. The first-order chi connectivity index (χ1) is 8.54. The lowest BCUT2D eigenvalue weighted by atomic mass is 10.0. The lowest BCUT2D eigenvalue weighted by Crippen LogP contribution is -1.89. The van der Waals surface area contributed by atoms with Gasteiger partial charge < -0.3 is 0 Å². The molecule has 2 aromatic carbocycles. The molecule has 0 unspecified atom stereocenters. The summed E-state index contributed by atoms with van der Waals surface area (Å²) in [7, 11) is 0. The van der Waals surface area contributed by atoms with Crippen molar-refractivity contribution >= 4 is 46.4 Å². The molecule has 0 atom stereocenters. The Hall–Kier alpha value is -0.470. The number of hydrogen-bond acceptors (Lipinski definition) is 0. The Kier molecular flexibility index (Phi) is 4.39. The van der Waals surface area contributed by atoms with E-state index in [4.69, 9.17) is 46.4 Å². The van der Waals surface area contributed by atoms with Gasteiger partial charge in [-0.15, -0.1) is 11.6 Å². The van der Waals surface area contributed by atoms with Crippen LogP contribution in [0.4, 0.5) is 4.39 Å². The minimum Gasteiger partial charge on any atom is -0.206 e. The maximum atomic E-state index is 13.8. The highest BCUT2D eigenvalue weighted by Crippen LogP contribution is 2.39. The molecule has 2 rings (SSSR count). The van der Waals surface area contributed by atoms with Gasteiger partial charge in [0.15, 0.2) is 0 Å². The van der Waals surface area contributed by atoms with Crippen molar-refractivity contribution in [3.8, 4) is 11.1 Å². The highest BCUT2D eigenvalue weighted by molar-refractivity contribution is 6.49. The number of rotatable bonds is 2. The molecule has 0 heterocycles. The van der Waals surface area contributed by atoms with E-state index in [9.17, 15) is 4.39 Å². The molecule has 0 nitrogen and oxygen atoms in total. The standard InChI is InChI=1S/C13H7Cl4F/c14-6-7-1-4-11(18)9(5-7)8-2-3-10(15)13(17)12(8)16/h1-5H,6H2. The smallest absolute Gasteiger partial charge is 0.131 e. The van der Waals surface area contributed by atoms with Crippen molar-refractivity contribution in [2.24, 2.45) is 0 Å². The van der Waals surface area contributed by atoms with Gasteiger partial charge in [0.2, 0.25) is 0 Å². The van der Waals surface area contributed by atoms with Crippen LogP contribution in [0.1, 0.15) is 5.56 Å². The van der Waals surface area contributed by atoms with Crippen LogP contribution >= 0.6 is 46.4 Å². The van der Waals surface area contributed by atoms with Crippen LogP contribution in [-0.2, 0) is 5.88 Å². The van der Waals surface area contributed by atoms with Crippen LogP contribution in [0.3, 0.4) is 0 Å². The van der Waals surface area contributed by atoms with E-state index < -0.39 is 0 Å². The van der Waals surface area contributed by atoms with Crippen molar-refractivity contribution in [1.82, 2.24) is 0 Å². The molecule has 0 N–H and O–H groups in total. The predicted molar refractivity (Wildman–Crippen MR) is 76.4 cm³/mol. The normalized spacial score (nSPS) is 10.7. The fraction of sp³-hybridized carbons (Fsp3) is 0.0769. The largest absolute Gasteiger partial charge is 0.206 e. The third-order valence-corrected chi connectivity index (χ3v) is 4.11. The van der Waals surface area contributed by atoms with Gasteiger partial charge in [-0.1, -0.05) is 46.9 Å². The van der Waals surface area contributed by atoms with Crippen LogP contribution in [0.25, 0.3) is 11.1 Å². The zero-order valence-electron chi connectivity index (χ0n) is 8.98. The van der Waals surface area contributed by atoms with E-state index in [0.29, 0.717) is 22.0 Å². The Bertz CT molecular complexity index is 596. The number of alkyl halides is 1. The molecule has 0 bridgehead atoms. The van der Waals surface area contributed by atoms with Crippen LogP contribution in [0.15, 0.2) is 30.3 Å². The third kappa shape index (κ3) is 2.60. The van der Waals surface area contributed by atoms with Gasteiger partial charge in [0, 0.05) is 17.0 Å². The summed E-state index contributed by atoms with van der Waals surface area (Å²) in [6.07, 6.45) is 0.